The van der Waals surface area contributed by atoms with Crippen molar-refractivity contribution >= 4 is 10.8 Å². The third-order valence-electron chi connectivity index (χ3n) is 3.57. The molecule has 2 rings (SSSR count). The molecule has 0 aliphatic carbocycles. The van der Waals surface area contributed by atoms with Gasteiger partial charge in [0.1, 0.15) is 0 Å². The Morgan fingerprint density at radius 3 is 1.04 bits per heavy atom. The standard InChI is InChI=1S/C18H24.2C2H5.Zn/c1-17(2,3)15-9-7-14-12-16(18(4,5)6)10-8-13(14)11-15;2*1-2;/h7-12H,1-6H3;2*1H2,2H3;/q;2*-1;+2. The molecular formula is C22H34Zn. The van der Waals surface area contributed by atoms with Crippen LogP contribution in [0.3, 0.4) is 0 Å². The molecule has 0 N–H and O–H groups in total. The van der Waals surface area contributed by atoms with E-state index in [9.17, 15) is 0 Å². The van der Waals surface area contributed by atoms with E-state index in [0.717, 1.165) is 0 Å². The van der Waals surface area contributed by atoms with Crippen LogP contribution >= 0.6 is 0 Å². The predicted molar refractivity (Wildman–Crippen MR) is 103 cm³/mol. The number of fused-ring (bicyclic) bond motifs is 1. The minimum Gasteiger partial charge on any atom is -0.346 e. The Balaban J connectivity index is 0. The maximum atomic E-state index is 3.25. The largest absolute Gasteiger partial charge is 2.00 e. The first-order valence-corrected chi connectivity index (χ1v) is 8.14. The molecule has 0 unspecified atom stereocenters. The van der Waals surface area contributed by atoms with Gasteiger partial charge in [-0.2, -0.15) is 13.8 Å². The third-order valence-corrected chi connectivity index (χ3v) is 3.57. The average Bonchev–Trinajstić information content (AvgIpc) is 2.48. The fourth-order valence-corrected chi connectivity index (χ4v) is 2.18. The molecule has 0 amide bonds. The van der Waals surface area contributed by atoms with Crippen LogP contribution < -0.4 is 0 Å². The van der Waals surface area contributed by atoms with Gasteiger partial charge in [-0.15, -0.1) is 0 Å². The topological polar surface area (TPSA) is 0 Å². The van der Waals surface area contributed by atoms with E-state index in [1.165, 1.54) is 21.9 Å². The molecule has 124 valence electrons. The molecule has 0 nitrogen and oxygen atoms in total. The van der Waals surface area contributed by atoms with Gasteiger partial charge in [0.15, 0.2) is 0 Å². The van der Waals surface area contributed by atoms with E-state index in [0.29, 0.717) is 0 Å². The van der Waals surface area contributed by atoms with Crippen molar-refractivity contribution in [3.05, 3.63) is 61.4 Å². The van der Waals surface area contributed by atoms with Crippen molar-refractivity contribution in [3.8, 4) is 0 Å². The normalized spacial score (nSPS) is 10.7. The summed E-state index contributed by atoms with van der Waals surface area (Å²) in [5.74, 6) is 0. The Kier molecular flexibility index (Phi) is 10.9. The van der Waals surface area contributed by atoms with E-state index in [4.69, 9.17) is 0 Å². The van der Waals surface area contributed by atoms with Crippen LogP contribution in [0.15, 0.2) is 36.4 Å². The minimum atomic E-state index is 0. The second-order valence-electron chi connectivity index (χ2n) is 7.28. The van der Waals surface area contributed by atoms with E-state index in [1.807, 2.05) is 0 Å². The molecule has 2 aromatic rings. The van der Waals surface area contributed by atoms with E-state index in [2.05, 4.69) is 91.8 Å². The first-order valence-electron chi connectivity index (χ1n) is 8.14. The van der Waals surface area contributed by atoms with Crippen molar-refractivity contribution in [3.63, 3.8) is 0 Å². The minimum absolute atomic E-state index is 0. The van der Waals surface area contributed by atoms with Gasteiger partial charge in [0.2, 0.25) is 0 Å². The summed E-state index contributed by atoms with van der Waals surface area (Å²) in [5, 5.41) is 2.69. The maximum absolute atomic E-state index is 3.25. The first kappa shape index (κ1) is 24.6. The fraction of sp³-hybridized carbons (Fsp3) is 0.455. The molecule has 0 radical (unpaired) electrons. The molecule has 0 aromatic heterocycles. The predicted octanol–water partition coefficient (Wildman–Crippen LogP) is 7.11. The van der Waals surface area contributed by atoms with E-state index in [-0.39, 0.29) is 30.3 Å². The van der Waals surface area contributed by atoms with Gasteiger partial charge in [0.05, 0.1) is 0 Å². The molecule has 2 aromatic carbocycles. The van der Waals surface area contributed by atoms with Gasteiger partial charge in [0.25, 0.3) is 0 Å². The van der Waals surface area contributed by atoms with Crippen molar-refractivity contribution in [2.75, 3.05) is 0 Å². The van der Waals surface area contributed by atoms with Crippen molar-refractivity contribution in [1.29, 1.82) is 0 Å². The molecule has 0 atom stereocenters. The summed E-state index contributed by atoms with van der Waals surface area (Å²) < 4.78 is 0. The maximum Gasteiger partial charge on any atom is 2.00 e. The summed E-state index contributed by atoms with van der Waals surface area (Å²) >= 11 is 0. The van der Waals surface area contributed by atoms with Gasteiger partial charge in [0, 0.05) is 0 Å². The van der Waals surface area contributed by atoms with Crippen LogP contribution in [0.4, 0.5) is 0 Å². The molecule has 0 heterocycles. The molecular weight excluding hydrogens is 330 g/mol. The molecule has 23 heavy (non-hydrogen) atoms. The quantitative estimate of drug-likeness (QED) is 0.345. The van der Waals surface area contributed by atoms with E-state index in [1.54, 1.807) is 13.8 Å². The van der Waals surface area contributed by atoms with Gasteiger partial charge < -0.3 is 13.8 Å². The molecule has 0 aliphatic rings. The molecule has 0 bridgehead atoms. The number of benzene rings is 2. The van der Waals surface area contributed by atoms with Gasteiger partial charge in [-0.3, -0.25) is 0 Å². The van der Waals surface area contributed by atoms with Crippen molar-refractivity contribution < 1.29 is 19.5 Å². The van der Waals surface area contributed by atoms with E-state index < -0.39 is 0 Å². The van der Waals surface area contributed by atoms with Gasteiger partial charge in [-0.25, -0.2) is 0 Å². The monoisotopic (exact) mass is 362 g/mol. The van der Waals surface area contributed by atoms with Crippen LogP contribution in [0.25, 0.3) is 10.8 Å². The Labute approximate surface area is 157 Å². The summed E-state index contributed by atoms with van der Waals surface area (Å²) in [4.78, 5) is 0. The van der Waals surface area contributed by atoms with Crippen LogP contribution in [-0.2, 0) is 30.3 Å². The molecule has 0 aliphatic heterocycles. The average molecular weight is 364 g/mol. The number of hydrogen-bond acceptors (Lipinski definition) is 0. The van der Waals surface area contributed by atoms with Gasteiger partial charge >= 0.3 is 19.5 Å². The zero-order valence-corrected chi connectivity index (χ0v) is 19.6. The third kappa shape index (κ3) is 7.17. The molecule has 0 spiro atoms. The Morgan fingerprint density at radius 2 is 0.826 bits per heavy atom. The summed E-state index contributed by atoms with van der Waals surface area (Å²) in [6.45, 7) is 23.6. The summed E-state index contributed by atoms with van der Waals surface area (Å²) in [7, 11) is 0. The van der Waals surface area contributed by atoms with Crippen LogP contribution in [-0.4, -0.2) is 0 Å². The Hall–Kier alpha value is -0.677. The van der Waals surface area contributed by atoms with Crippen molar-refractivity contribution in [1.82, 2.24) is 0 Å². The summed E-state index contributed by atoms with van der Waals surface area (Å²) in [5.41, 5.74) is 3.24. The Morgan fingerprint density at radius 1 is 0.565 bits per heavy atom. The SMILES string of the molecule is CC(C)(C)c1ccc2cc(C(C)(C)C)ccc2c1.[CH2-]C.[CH2-]C.[Zn+2]. The van der Waals surface area contributed by atoms with Crippen LogP contribution in [0.5, 0.6) is 0 Å². The zero-order chi connectivity index (χ0) is 17.6. The van der Waals surface area contributed by atoms with Crippen molar-refractivity contribution in [2.45, 2.75) is 66.2 Å². The van der Waals surface area contributed by atoms with Gasteiger partial charge in [-0.1, -0.05) is 77.9 Å². The van der Waals surface area contributed by atoms with Gasteiger partial charge in [-0.05, 0) is 32.7 Å². The second kappa shape index (κ2) is 10.2. The smallest absolute Gasteiger partial charge is 0.346 e. The first-order chi connectivity index (χ1) is 10.2. The summed E-state index contributed by atoms with van der Waals surface area (Å²) in [6, 6.07) is 13.7. The Bertz CT molecular complexity index is 515. The molecule has 0 saturated heterocycles. The van der Waals surface area contributed by atoms with Crippen LogP contribution in [0.2, 0.25) is 0 Å². The zero-order valence-electron chi connectivity index (χ0n) is 16.6. The fourth-order valence-electron chi connectivity index (χ4n) is 2.18. The van der Waals surface area contributed by atoms with Crippen LogP contribution in [0.1, 0.15) is 66.5 Å². The van der Waals surface area contributed by atoms with Crippen molar-refractivity contribution in [2.24, 2.45) is 0 Å². The van der Waals surface area contributed by atoms with Crippen LogP contribution in [0, 0.1) is 13.8 Å². The molecule has 0 saturated carbocycles. The molecule has 0 fully saturated rings. The number of rotatable bonds is 0. The number of hydrogen-bond donors (Lipinski definition) is 0. The van der Waals surface area contributed by atoms with E-state index >= 15 is 0 Å². The summed E-state index contributed by atoms with van der Waals surface area (Å²) in [6.07, 6.45) is 0. The second-order valence-corrected chi connectivity index (χ2v) is 7.28. The molecule has 1 heteroatoms.